The molecule has 0 unspecified atom stereocenters. The molecule has 0 aromatic heterocycles. The lowest BCUT2D eigenvalue weighted by molar-refractivity contribution is 0.342. The van der Waals surface area contributed by atoms with Gasteiger partial charge in [-0.25, -0.2) is 0 Å². The molecule has 0 aliphatic rings. The Morgan fingerprint density at radius 1 is 1.14 bits per heavy atom. The van der Waals surface area contributed by atoms with Gasteiger partial charge in [-0.05, 0) is 43.2 Å². The number of hydrogen-bond donors (Lipinski definition) is 2. The summed E-state index contributed by atoms with van der Waals surface area (Å²) in [4.78, 5) is 0. The third kappa shape index (κ3) is 4.05. The van der Waals surface area contributed by atoms with Crippen LogP contribution in [0.1, 0.15) is 12.5 Å². The Bertz CT molecular complexity index is 585. The van der Waals surface area contributed by atoms with E-state index in [9.17, 15) is 0 Å². The van der Waals surface area contributed by atoms with Crippen LogP contribution in [0.5, 0.6) is 11.5 Å². The molecule has 0 saturated carbocycles. The second kappa shape index (κ2) is 7.43. The zero-order valence-corrected chi connectivity index (χ0v) is 12.6. The van der Waals surface area contributed by atoms with Gasteiger partial charge < -0.3 is 20.5 Å². The molecule has 0 atom stereocenters. The lowest BCUT2D eigenvalue weighted by Crippen LogP contribution is -2.08. The first-order valence-electron chi connectivity index (χ1n) is 7.12. The van der Waals surface area contributed by atoms with Crippen LogP contribution in [0.25, 0.3) is 0 Å². The van der Waals surface area contributed by atoms with E-state index in [1.807, 2.05) is 43.3 Å². The normalized spacial score (nSPS) is 10.2. The van der Waals surface area contributed by atoms with Gasteiger partial charge in [0.05, 0.1) is 25.1 Å². The lowest BCUT2D eigenvalue weighted by atomic mass is 10.1. The van der Waals surface area contributed by atoms with E-state index >= 15 is 0 Å². The lowest BCUT2D eigenvalue weighted by Gasteiger charge is -2.13. The number of rotatable bonds is 7. The topological polar surface area (TPSA) is 56.5 Å². The fourth-order valence-electron chi connectivity index (χ4n) is 2.15. The summed E-state index contributed by atoms with van der Waals surface area (Å²) in [5.41, 5.74) is 8.87. The number of nitrogens with one attached hydrogen (secondary N) is 1. The van der Waals surface area contributed by atoms with E-state index < -0.39 is 0 Å². The Balaban J connectivity index is 1.95. The molecule has 0 radical (unpaired) electrons. The van der Waals surface area contributed by atoms with E-state index in [1.54, 1.807) is 7.11 Å². The number of nitrogen functional groups attached to an aromatic ring is 1. The third-order valence-electron chi connectivity index (χ3n) is 3.23. The highest BCUT2D eigenvalue weighted by atomic mass is 16.5. The van der Waals surface area contributed by atoms with Crippen molar-refractivity contribution in [3.63, 3.8) is 0 Å². The van der Waals surface area contributed by atoms with Crippen molar-refractivity contribution in [2.75, 3.05) is 31.3 Å². The molecular formula is C17H22N2O2. The predicted octanol–water partition coefficient (Wildman–Crippen LogP) is 3.33. The number of benzene rings is 2. The minimum absolute atomic E-state index is 0.609. The van der Waals surface area contributed by atoms with Crippen molar-refractivity contribution >= 4 is 11.4 Å². The second-order valence-electron chi connectivity index (χ2n) is 4.68. The number of methoxy groups -OCH3 is 1. The summed E-state index contributed by atoms with van der Waals surface area (Å²) in [6.07, 6.45) is 0.898. The predicted molar refractivity (Wildman–Crippen MR) is 87.2 cm³/mol. The molecular weight excluding hydrogens is 264 g/mol. The number of hydrogen-bond acceptors (Lipinski definition) is 4. The zero-order chi connectivity index (χ0) is 15.1. The first kappa shape index (κ1) is 15.0. The molecule has 112 valence electrons. The van der Waals surface area contributed by atoms with Crippen LogP contribution in [-0.4, -0.2) is 20.3 Å². The smallest absolute Gasteiger partial charge is 0.144 e. The number of ether oxygens (including phenoxy) is 2. The van der Waals surface area contributed by atoms with Gasteiger partial charge in [0.2, 0.25) is 0 Å². The summed E-state index contributed by atoms with van der Waals surface area (Å²) < 4.78 is 10.7. The van der Waals surface area contributed by atoms with Crippen molar-refractivity contribution in [1.82, 2.24) is 0 Å². The second-order valence-corrected chi connectivity index (χ2v) is 4.68. The molecule has 21 heavy (non-hydrogen) atoms. The molecule has 2 rings (SSSR count). The summed E-state index contributed by atoms with van der Waals surface area (Å²) in [7, 11) is 1.68. The van der Waals surface area contributed by atoms with Crippen molar-refractivity contribution < 1.29 is 9.47 Å². The standard InChI is InChI=1S/C17H22N2O2/c1-3-21-16-9-5-8-15(17(16)18)19-11-10-13-6-4-7-14(12-13)20-2/h4-9,12,19H,3,10-11,18H2,1-2H3. The minimum Gasteiger partial charge on any atom is -0.497 e. The number of anilines is 2. The Kier molecular flexibility index (Phi) is 5.32. The maximum Gasteiger partial charge on any atom is 0.144 e. The van der Waals surface area contributed by atoms with E-state index in [4.69, 9.17) is 15.2 Å². The van der Waals surface area contributed by atoms with Crippen molar-refractivity contribution in [3.05, 3.63) is 48.0 Å². The van der Waals surface area contributed by atoms with E-state index in [0.717, 1.165) is 30.2 Å². The van der Waals surface area contributed by atoms with E-state index in [-0.39, 0.29) is 0 Å². The van der Waals surface area contributed by atoms with Crippen LogP contribution in [0.2, 0.25) is 0 Å². The van der Waals surface area contributed by atoms with Gasteiger partial charge in [0.15, 0.2) is 0 Å². The highest BCUT2D eigenvalue weighted by Crippen LogP contribution is 2.29. The average molecular weight is 286 g/mol. The van der Waals surface area contributed by atoms with Crippen LogP contribution in [0, 0.1) is 0 Å². The Morgan fingerprint density at radius 3 is 2.71 bits per heavy atom. The Labute approximate surface area is 125 Å². The van der Waals surface area contributed by atoms with Gasteiger partial charge in [0.1, 0.15) is 11.5 Å². The van der Waals surface area contributed by atoms with E-state index in [1.165, 1.54) is 5.56 Å². The van der Waals surface area contributed by atoms with Gasteiger partial charge in [0, 0.05) is 6.54 Å². The monoisotopic (exact) mass is 286 g/mol. The van der Waals surface area contributed by atoms with Crippen molar-refractivity contribution in [3.8, 4) is 11.5 Å². The minimum atomic E-state index is 0.609. The molecule has 0 heterocycles. The number of para-hydroxylation sites is 1. The molecule has 4 heteroatoms. The number of nitrogens with two attached hydrogens (primary N) is 1. The fourth-order valence-corrected chi connectivity index (χ4v) is 2.15. The van der Waals surface area contributed by atoms with Crippen LogP contribution >= 0.6 is 0 Å². The average Bonchev–Trinajstić information content (AvgIpc) is 2.51. The van der Waals surface area contributed by atoms with Crippen molar-refractivity contribution in [1.29, 1.82) is 0 Å². The van der Waals surface area contributed by atoms with Crippen molar-refractivity contribution in [2.45, 2.75) is 13.3 Å². The van der Waals surface area contributed by atoms with E-state index in [2.05, 4.69) is 11.4 Å². The maximum atomic E-state index is 6.09. The van der Waals surface area contributed by atoms with Crippen LogP contribution in [0.4, 0.5) is 11.4 Å². The largest absolute Gasteiger partial charge is 0.497 e. The summed E-state index contributed by atoms with van der Waals surface area (Å²) in [5, 5.41) is 3.35. The van der Waals surface area contributed by atoms with Crippen molar-refractivity contribution in [2.24, 2.45) is 0 Å². The third-order valence-corrected chi connectivity index (χ3v) is 3.23. The molecule has 0 fully saturated rings. The molecule has 2 aromatic rings. The van der Waals surface area contributed by atoms with Gasteiger partial charge in [-0.3, -0.25) is 0 Å². The SMILES string of the molecule is CCOc1cccc(NCCc2cccc(OC)c2)c1N. The van der Waals surface area contributed by atoms with Crippen LogP contribution in [0.15, 0.2) is 42.5 Å². The van der Waals surface area contributed by atoms with Crippen LogP contribution in [0.3, 0.4) is 0 Å². The highest BCUT2D eigenvalue weighted by molar-refractivity contribution is 5.72. The summed E-state index contributed by atoms with van der Waals surface area (Å²) in [5.74, 6) is 1.61. The quantitative estimate of drug-likeness (QED) is 0.767. The molecule has 0 aliphatic heterocycles. The first-order valence-corrected chi connectivity index (χ1v) is 7.12. The molecule has 3 N–H and O–H groups in total. The van der Waals surface area contributed by atoms with Gasteiger partial charge in [-0.15, -0.1) is 0 Å². The molecule has 2 aromatic carbocycles. The summed E-state index contributed by atoms with van der Waals surface area (Å²) in [6, 6.07) is 13.9. The summed E-state index contributed by atoms with van der Waals surface area (Å²) in [6.45, 7) is 3.35. The van der Waals surface area contributed by atoms with Gasteiger partial charge in [-0.2, -0.15) is 0 Å². The maximum absolute atomic E-state index is 6.09. The molecule has 0 bridgehead atoms. The molecule has 4 nitrogen and oxygen atoms in total. The fraction of sp³-hybridized carbons (Fsp3) is 0.294. The highest BCUT2D eigenvalue weighted by Gasteiger charge is 2.05. The molecule has 0 saturated heterocycles. The van der Waals surface area contributed by atoms with Gasteiger partial charge >= 0.3 is 0 Å². The first-order chi connectivity index (χ1) is 10.2. The zero-order valence-electron chi connectivity index (χ0n) is 12.6. The molecule has 0 amide bonds. The van der Waals surface area contributed by atoms with Gasteiger partial charge in [-0.1, -0.05) is 18.2 Å². The van der Waals surface area contributed by atoms with Gasteiger partial charge in [0.25, 0.3) is 0 Å². The molecule has 0 spiro atoms. The van der Waals surface area contributed by atoms with Crippen LogP contribution in [-0.2, 0) is 6.42 Å². The Hall–Kier alpha value is -2.36. The Morgan fingerprint density at radius 2 is 1.95 bits per heavy atom. The molecule has 0 aliphatic carbocycles. The van der Waals surface area contributed by atoms with E-state index in [0.29, 0.717) is 12.3 Å². The van der Waals surface area contributed by atoms with Crippen LogP contribution < -0.4 is 20.5 Å². The summed E-state index contributed by atoms with van der Waals surface area (Å²) >= 11 is 0.